The van der Waals surface area contributed by atoms with E-state index in [0.29, 0.717) is 11.6 Å². The number of hydrogen-bond acceptors (Lipinski definition) is 3. The number of aromatic nitrogens is 2. The first kappa shape index (κ1) is 11.8. The molecule has 4 rings (SSSR count). The monoisotopic (exact) mass is 286 g/mol. The molecule has 0 fully saturated rings. The van der Waals surface area contributed by atoms with E-state index >= 15 is 0 Å². The van der Waals surface area contributed by atoms with Gasteiger partial charge in [-0.05, 0) is 29.8 Å². The summed E-state index contributed by atoms with van der Waals surface area (Å²) in [5.74, 6) is 0.801. The van der Waals surface area contributed by atoms with E-state index in [1.165, 1.54) is 0 Å². The SMILES string of the molecule is Clc1ccc2c(c1)ncn2Cc1ccc2c(c1)OOC2. The molecular formula is C15H11ClN2O2. The Labute approximate surface area is 120 Å². The van der Waals surface area contributed by atoms with Gasteiger partial charge in [-0.2, -0.15) is 4.89 Å². The fraction of sp³-hybridized carbons (Fsp3) is 0.133. The Balaban J connectivity index is 1.70. The summed E-state index contributed by atoms with van der Waals surface area (Å²) in [5, 5.41) is 0.700. The van der Waals surface area contributed by atoms with Crippen LogP contribution >= 0.6 is 11.6 Å². The zero-order valence-electron chi connectivity index (χ0n) is 10.5. The Bertz CT molecular complexity index is 798. The molecule has 0 saturated carbocycles. The zero-order valence-corrected chi connectivity index (χ0v) is 11.3. The molecule has 0 radical (unpaired) electrons. The van der Waals surface area contributed by atoms with Crippen molar-refractivity contribution in [2.24, 2.45) is 0 Å². The average Bonchev–Trinajstić information content (AvgIpc) is 3.05. The molecule has 0 spiro atoms. The van der Waals surface area contributed by atoms with E-state index in [-0.39, 0.29) is 0 Å². The van der Waals surface area contributed by atoms with E-state index in [2.05, 4.69) is 15.6 Å². The number of rotatable bonds is 2. The van der Waals surface area contributed by atoms with E-state index < -0.39 is 0 Å². The van der Waals surface area contributed by atoms with E-state index in [4.69, 9.17) is 21.4 Å². The maximum atomic E-state index is 5.97. The molecule has 0 unspecified atom stereocenters. The second-order valence-electron chi connectivity index (χ2n) is 4.79. The van der Waals surface area contributed by atoms with Crippen LogP contribution in [0, 0.1) is 0 Å². The summed E-state index contributed by atoms with van der Waals surface area (Å²) in [6.45, 7) is 1.25. The average molecular weight is 287 g/mol. The van der Waals surface area contributed by atoms with Crippen molar-refractivity contribution < 1.29 is 9.78 Å². The lowest BCUT2D eigenvalue weighted by Crippen LogP contribution is -1.98. The van der Waals surface area contributed by atoms with Crippen LogP contribution in [0.2, 0.25) is 5.02 Å². The van der Waals surface area contributed by atoms with Crippen LogP contribution in [0.15, 0.2) is 42.7 Å². The van der Waals surface area contributed by atoms with Gasteiger partial charge in [-0.15, -0.1) is 0 Å². The normalized spacial score (nSPS) is 13.4. The first-order valence-corrected chi connectivity index (χ1v) is 6.69. The molecule has 4 nitrogen and oxygen atoms in total. The summed E-state index contributed by atoms with van der Waals surface area (Å²) >= 11 is 5.97. The van der Waals surface area contributed by atoms with Crippen molar-refractivity contribution >= 4 is 22.6 Å². The maximum absolute atomic E-state index is 5.97. The molecule has 1 aliphatic heterocycles. The predicted molar refractivity (Wildman–Crippen MR) is 75.7 cm³/mol. The second kappa shape index (κ2) is 4.51. The second-order valence-corrected chi connectivity index (χ2v) is 5.23. The molecule has 0 N–H and O–H groups in total. The molecule has 2 heterocycles. The lowest BCUT2D eigenvalue weighted by atomic mass is 10.1. The Morgan fingerprint density at radius 2 is 2.15 bits per heavy atom. The number of nitrogens with zero attached hydrogens (tertiary/aromatic N) is 2. The topological polar surface area (TPSA) is 36.3 Å². The minimum atomic E-state index is 0.516. The summed E-state index contributed by atoms with van der Waals surface area (Å²) in [5.41, 5.74) is 4.19. The van der Waals surface area contributed by atoms with Gasteiger partial charge in [0.2, 0.25) is 0 Å². The van der Waals surface area contributed by atoms with Crippen LogP contribution in [-0.4, -0.2) is 9.55 Å². The summed E-state index contributed by atoms with van der Waals surface area (Å²) in [7, 11) is 0. The molecule has 3 aromatic rings. The van der Waals surface area contributed by atoms with Gasteiger partial charge in [0.25, 0.3) is 0 Å². The largest absolute Gasteiger partial charge is 0.337 e. The van der Waals surface area contributed by atoms with Crippen LogP contribution in [0.1, 0.15) is 11.1 Å². The third-order valence-electron chi connectivity index (χ3n) is 3.43. The maximum Gasteiger partial charge on any atom is 0.171 e. The molecular weight excluding hydrogens is 276 g/mol. The van der Waals surface area contributed by atoms with Crippen molar-refractivity contribution in [3.8, 4) is 5.75 Å². The van der Waals surface area contributed by atoms with Crippen LogP contribution in [0.5, 0.6) is 5.75 Å². The molecule has 0 atom stereocenters. The van der Waals surface area contributed by atoms with E-state index in [9.17, 15) is 0 Å². The lowest BCUT2D eigenvalue weighted by Gasteiger charge is -2.05. The van der Waals surface area contributed by atoms with Crippen LogP contribution < -0.4 is 4.89 Å². The van der Waals surface area contributed by atoms with Gasteiger partial charge in [0, 0.05) is 17.1 Å². The Morgan fingerprint density at radius 1 is 1.20 bits per heavy atom. The molecule has 1 aromatic heterocycles. The zero-order chi connectivity index (χ0) is 13.5. The van der Waals surface area contributed by atoms with Gasteiger partial charge in [0.15, 0.2) is 5.75 Å². The minimum Gasteiger partial charge on any atom is -0.337 e. The van der Waals surface area contributed by atoms with Crippen LogP contribution in [0.25, 0.3) is 11.0 Å². The quantitative estimate of drug-likeness (QED) is 0.676. The molecule has 0 bridgehead atoms. The van der Waals surface area contributed by atoms with Gasteiger partial charge in [-0.1, -0.05) is 23.7 Å². The van der Waals surface area contributed by atoms with E-state index in [1.807, 2.05) is 36.7 Å². The first-order valence-electron chi connectivity index (χ1n) is 6.31. The number of fused-ring (bicyclic) bond motifs is 2. The molecule has 1 aliphatic rings. The standard InChI is InChI=1S/C15H11ClN2O2/c16-12-3-4-14-13(6-12)17-9-18(14)7-10-1-2-11-8-19-20-15(11)5-10/h1-6,9H,7-8H2. The highest BCUT2D eigenvalue weighted by Crippen LogP contribution is 2.27. The molecule has 100 valence electrons. The molecule has 0 aliphatic carbocycles. The van der Waals surface area contributed by atoms with Crippen LogP contribution in [-0.2, 0) is 18.0 Å². The number of hydrogen-bond donors (Lipinski definition) is 0. The fourth-order valence-electron chi connectivity index (χ4n) is 2.41. The first-order chi connectivity index (χ1) is 9.79. The molecule has 20 heavy (non-hydrogen) atoms. The minimum absolute atomic E-state index is 0.516. The summed E-state index contributed by atoms with van der Waals surface area (Å²) in [4.78, 5) is 14.4. The van der Waals surface area contributed by atoms with Crippen molar-refractivity contribution in [1.82, 2.24) is 9.55 Å². The third kappa shape index (κ3) is 1.94. The predicted octanol–water partition coefficient (Wildman–Crippen LogP) is 3.56. The van der Waals surface area contributed by atoms with Crippen molar-refractivity contribution in [2.75, 3.05) is 0 Å². The number of imidazole rings is 1. The highest BCUT2D eigenvalue weighted by Gasteiger charge is 2.14. The van der Waals surface area contributed by atoms with Crippen LogP contribution in [0.3, 0.4) is 0 Å². The number of benzene rings is 2. The summed E-state index contributed by atoms with van der Waals surface area (Å²) in [6.07, 6.45) is 1.82. The fourth-order valence-corrected chi connectivity index (χ4v) is 2.58. The Hall–Kier alpha value is -2.04. The van der Waals surface area contributed by atoms with Gasteiger partial charge in [0.05, 0.1) is 17.4 Å². The Morgan fingerprint density at radius 3 is 3.10 bits per heavy atom. The summed E-state index contributed by atoms with van der Waals surface area (Å²) < 4.78 is 2.09. The molecule has 0 saturated heterocycles. The molecule has 2 aromatic carbocycles. The Kier molecular flexibility index (Phi) is 2.65. The highest BCUT2D eigenvalue weighted by atomic mass is 35.5. The highest BCUT2D eigenvalue weighted by molar-refractivity contribution is 6.31. The molecule has 5 heteroatoms. The van der Waals surface area contributed by atoms with Gasteiger partial charge >= 0.3 is 0 Å². The van der Waals surface area contributed by atoms with Gasteiger partial charge < -0.3 is 9.45 Å². The van der Waals surface area contributed by atoms with E-state index in [1.54, 1.807) is 0 Å². The van der Waals surface area contributed by atoms with Gasteiger partial charge in [0.1, 0.15) is 6.61 Å². The van der Waals surface area contributed by atoms with E-state index in [0.717, 1.165) is 34.5 Å². The lowest BCUT2D eigenvalue weighted by molar-refractivity contribution is -0.194. The van der Waals surface area contributed by atoms with Crippen LogP contribution in [0.4, 0.5) is 0 Å². The third-order valence-corrected chi connectivity index (χ3v) is 3.67. The van der Waals surface area contributed by atoms with Crippen molar-refractivity contribution in [3.05, 3.63) is 58.9 Å². The van der Waals surface area contributed by atoms with Gasteiger partial charge in [-0.25, -0.2) is 4.98 Å². The van der Waals surface area contributed by atoms with Crippen molar-refractivity contribution in [3.63, 3.8) is 0 Å². The van der Waals surface area contributed by atoms with Gasteiger partial charge in [-0.3, -0.25) is 0 Å². The summed E-state index contributed by atoms with van der Waals surface area (Å²) in [6, 6.07) is 11.8. The number of halogens is 1. The van der Waals surface area contributed by atoms with Crippen molar-refractivity contribution in [1.29, 1.82) is 0 Å². The molecule has 0 amide bonds. The smallest absolute Gasteiger partial charge is 0.171 e. The van der Waals surface area contributed by atoms with Crippen molar-refractivity contribution in [2.45, 2.75) is 13.2 Å².